The van der Waals surface area contributed by atoms with Crippen molar-refractivity contribution in [2.75, 3.05) is 11.9 Å². The second kappa shape index (κ2) is 9.11. The molecule has 0 heterocycles. The quantitative estimate of drug-likeness (QED) is 0.591. The van der Waals surface area contributed by atoms with Crippen molar-refractivity contribution < 1.29 is 13.2 Å². The van der Waals surface area contributed by atoms with Crippen molar-refractivity contribution in [3.05, 3.63) is 88.9 Å². The molecule has 3 aromatic carbocycles. The summed E-state index contributed by atoms with van der Waals surface area (Å²) in [6.07, 6.45) is 0. The molecule has 7 heteroatoms. The van der Waals surface area contributed by atoms with Crippen LogP contribution >= 0.6 is 11.6 Å². The van der Waals surface area contributed by atoms with Crippen LogP contribution in [0.1, 0.15) is 11.1 Å². The van der Waals surface area contributed by atoms with Gasteiger partial charge in [0.1, 0.15) is 0 Å². The van der Waals surface area contributed by atoms with Crippen molar-refractivity contribution >= 4 is 33.0 Å². The number of halogens is 1. The van der Waals surface area contributed by atoms with E-state index in [-0.39, 0.29) is 27.3 Å². The van der Waals surface area contributed by atoms with E-state index >= 15 is 0 Å². The second-order valence-corrected chi connectivity index (χ2v) is 8.79. The molecule has 3 aromatic rings. The minimum atomic E-state index is -3.75. The van der Waals surface area contributed by atoms with E-state index in [0.29, 0.717) is 12.2 Å². The van der Waals surface area contributed by atoms with Crippen LogP contribution in [0.3, 0.4) is 0 Å². The highest BCUT2D eigenvalue weighted by Crippen LogP contribution is 2.32. The molecule has 0 bridgehead atoms. The Morgan fingerprint density at radius 1 is 0.931 bits per heavy atom. The number of sulfone groups is 1. The van der Waals surface area contributed by atoms with E-state index in [4.69, 9.17) is 11.6 Å². The molecule has 0 aromatic heterocycles. The average Bonchev–Trinajstić information content (AvgIpc) is 2.73. The number of nitrogens with one attached hydrogen (secondary N) is 2. The van der Waals surface area contributed by atoms with E-state index < -0.39 is 9.84 Å². The van der Waals surface area contributed by atoms with Crippen molar-refractivity contribution in [2.45, 2.75) is 23.3 Å². The van der Waals surface area contributed by atoms with Crippen LogP contribution < -0.4 is 10.6 Å². The fraction of sp³-hybridized carbons (Fsp3) is 0.136. The maximum atomic E-state index is 12.8. The SMILES string of the molecule is Cc1ccccc1CNC(=O)CNc1cccc(S(=O)(=O)c2ccccc2)c1Cl. The maximum Gasteiger partial charge on any atom is 0.239 e. The van der Waals surface area contributed by atoms with Gasteiger partial charge in [0.15, 0.2) is 0 Å². The van der Waals surface area contributed by atoms with Gasteiger partial charge >= 0.3 is 0 Å². The van der Waals surface area contributed by atoms with Gasteiger partial charge in [0.2, 0.25) is 15.7 Å². The molecule has 0 saturated heterocycles. The van der Waals surface area contributed by atoms with E-state index in [2.05, 4.69) is 10.6 Å². The zero-order valence-corrected chi connectivity index (χ0v) is 17.4. The minimum Gasteiger partial charge on any atom is -0.375 e. The van der Waals surface area contributed by atoms with Gasteiger partial charge in [-0.2, -0.15) is 0 Å². The Kier molecular flexibility index (Phi) is 6.56. The van der Waals surface area contributed by atoms with Gasteiger partial charge in [-0.15, -0.1) is 0 Å². The molecule has 0 unspecified atom stereocenters. The summed E-state index contributed by atoms with van der Waals surface area (Å²) in [5.74, 6) is -0.222. The molecule has 2 N–H and O–H groups in total. The number of aryl methyl sites for hydroxylation is 1. The highest BCUT2D eigenvalue weighted by Gasteiger charge is 2.22. The van der Waals surface area contributed by atoms with Gasteiger partial charge in [-0.3, -0.25) is 4.79 Å². The molecular formula is C22H21ClN2O3S. The average molecular weight is 429 g/mol. The van der Waals surface area contributed by atoms with Crippen LogP contribution in [-0.4, -0.2) is 20.9 Å². The van der Waals surface area contributed by atoms with Crippen LogP contribution in [0.4, 0.5) is 5.69 Å². The smallest absolute Gasteiger partial charge is 0.239 e. The number of hydrogen-bond donors (Lipinski definition) is 2. The summed E-state index contributed by atoms with van der Waals surface area (Å²) < 4.78 is 25.7. The Morgan fingerprint density at radius 2 is 1.62 bits per heavy atom. The van der Waals surface area contributed by atoms with Crippen molar-refractivity contribution in [1.82, 2.24) is 5.32 Å². The number of benzene rings is 3. The van der Waals surface area contributed by atoms with Crippen LogP contribution in [0.5, 0.6) is 0 Å². The summed E-state index contributed by atoms with van der Waals surface area (Å²) >= 11 is 6.35. The molecule has 0 spiro atoms. The zero-order chi connectivity index (χ0) is 20.9. The standard InChI is InChI=1S/C22H21ClN2O3S/c1-16-8-5-6-9-17(16)14-25-21(26)15-24-19-12-7-13-20(22(19)23)29(27,28)18-10-3-2-4-11-18/h2-13,24H,14-15H2,1H3,(H,25,26). The van der Waals surface area contributed by atoms with Gasteiger partial charge in [-0.1, -0.05) is 60.1 Å². The first-order valence-electron chi connectivity index (χ1n) is 9.03. The molecule has 0 radical (unpaired) electrons. The lowest BCUT2D eigenvalue weighted by Gasteiger charge is -2.13. The van der Waals surface area contributed by atoms with Gasteiger partial charge in [-0.25, -0.2) is 8.42 Å². The number of hydrogen-bond acceptors (Lipinski definition) is 4. The van der Waals surface area contributed by atoms with Gasteiger partial charge < -0.3 is 10.6 Å². The Morgan fingerprint density at radius 3 is 2.34 bits per heavy atom. The molecule has 3 rings (SSSR count). The van der Waals surface area contributed by atoms with Gasteiger partial charge in [0.25, 0.3) is 0 Å². The molecule has 1 amide bonds. The molecule has 5 nitrogen and oxygen atoms in total. The molecule has 0 saturated carbocycles. The summed E-state index contributed by atoms with van der Waals surface area (Å²) in [7, 11) is -3.75. The summed E-state index contributed by atoms with van der Waals surface area (Å²) in [5.41, 5.74) is 2.52. The highest BCUT2D eigenvalue weighted by atomic mass is 35.5. The first-order chi connectivity index (χ1) is 13.9. The number of carbonyl (C=O) groups excluding carboxylic acids is 1. The first kappa shape index (κ1) is 20.9. The number of amides is 1. The van der Waals surface area contributed by atoms with Crippen LogP contribution in [-0.2, 0) is 21.2 Å². The van der Waals surface area contributed by atoms with Crippen molar-refractivity contribution in [2.24, 2.45) is 0 Å². The van der Waals surface area contributed by atoms with Gasteiger partial charge in [0, 0.05) is 6.54 Å². The normalized spacial score (nSPS) is 11.1. The monoisotopic (exact) mass is 428 g/mol. The predicted molar refractivity (Wildman–Crippen MR) is 115 cm³/mol. The van der Waals surface area contributed by atoms with E-state index in [1.807, 2.05) is 31.2 Å². The molecule has 0 aliphatic carbocycles. The summed E-state index contributed by atoms with van der Waals surface area (Å²) in [6, 6.07) is 20.6. The Balaban J connectivity index is 1.69. The summed E-state index contributed by atoms with van der Waals surface area (Å²) in [4.78, 5) is 12.3. The number of carbonyl (C=O) groups is 1. The van der Waals surface area contributed by atoms with Gasteiger partial charge in [0.05, 0.1) is 27.0 Å². The van der Waals surface area contributed by atoms with Crippen LogP contribution in [0, 0.1) is 6.92 Å². The molecule has 0 aliphatic heterocycles. The molecule has 29 heavy (non-hydrogen) atoms. The molecular weight excluding hydrogens is 408 g/mol. The second-order valence-electron chi connectivity index (χ2n) is 6.49. The highest BCUT2D eigenvalue weighted by molar-refractivity contribution is 7.91. The van der Waals surface area contributed by atoms with E-state index in [0.717, 1.165) is 11.1 Å². The van der Waals surface area contributed by atoms with Crippen molar-refractivity contribution in [3.8, 4) is 0 Å². The minimum absolute atomic E-state index is 0.00400. The van der Waals surface area contributed by atoms with Crippen molar-refractivity contribution in [1.29, 1.82) is 0 Å². The van der Waals surface area contributed by atoms with E-state index in [1.165, 1.54) is 18.2 Å². The fourth-order valence-electron chi connectivity index (χ4n) is 2.82. The van der Waals surface area contributed by atoms with E-state index in [1.54, 1.807) is 30.3 Å². The predicted octanol–water partition coefficient (Wildman–Crippen LogP) is 4.21. The Bertz CT molecular complexity index is 1120. The lowest BCUT2D eigenvalue weighted by molar-refractivity contribution is -0.119. The Labute approximate surface area is 175 Å². The third-order valence-electron chi connectivity index (χ3n) is 4.48. The van der Waals surface area contributed by atoms with E-state index in [9.17, 15) is 13.2 Å². The Hall–Kier alpha value is -2.83. The molecule has 0 aliphatic rings. The van der Waals surface area contributed by atoms with Crippen LogP contribution in [0.15, 0.2) is 82.6 Å². The molecule has 150 valence electrons. The largest absolute Gasteiger partial charge is 0.375 e. The summed E-state index contributed by atoms with van der Waals surface area (Å²) in [5, 5.41) is 5.81. The fourth-order valence-corrected chi connectivity index (χ4v) is 4.69. The van der Waals surface area contributed by atoms with Crippen LogP contribution in [0.2, 0.25) is 5.02 Å². The van der Waals surface area contributed by atoms with Gasteiger partial charge in [-0.05, 0) is 42.3 Å². The number of rotatable bonds is 7. The van der Waals surface area contributed by atoms with Crippen LogP contribution in [0.25, 0.3) is 0 Å². The zero-order valence-electron chi connectivity index (χ0n) is 15.9. The first-order valence-corrected chi connectivity index (χ1v) is 10.9. The topological polar surface area (TPSA) is 75.3 Å². The van der Waals surface area contributed by atoms with Crippen molar-refractivity contribution in [3.63, 3.8) is 0 Å². The molecule has 0 fully saturated rings. The number of anilines is 1. The lowest BCUT2D eigenvalue weighted by Crippen LogP contribution is -2.29. The third kappa shape index (κ3) is 4.96. The molecule has 0 atom stereocenters. The third-order valence-corrected chi connectivity index (χ3v) is 6.81. The maximum absolute atomic E-state index is 12.8. The summed E-state index contributed by atoms with van der Waals surface area (Å²) in [6.45, 7) is 2.38. The lowest BCUT2D eigenvalue weighted by atomic mass is 10.1.